The number of aliphatic imine (C=N–C) groups is 1. The van der Waals surface area contributed by atoms with Crippen LogP contribution < -0.4 is 4.72 Å². The van der Waals surface area contributed by atoms with Crippen LogP contribution in [0, 0.1) is 5.92 Å². The Bertz CT molecular complexity index is 959. The maximum atomic E-state index is 13.9. The van der Waals surface area contributed by atoms with Crippen LogP contribution in [0.15, 0.2) is 29.3 Å². The first kappa shape index (κ1) is 25.1. The van der Waals surface area contributed by atoms with E-state index in [1.165, 1.54) is 6.07 Å². The molecule has 0 fully saturated rings. The minimum absolute atomic E-state index is 0.0279. The third-order valence-electron chi connectivity index (χ3n) is 4.30. The highest BCUT2D eigenvalue weighted by molar-refractivity contribution is 7.93. The van der Waals surface area contributed by atoms with Gasteiger partial charge in [0.25, 0.3) is 0 Å². The molecule has 1 aliphatic heterocycles. The van der Waals surface area contributed by atoms with Gasteiger partial charge in [0, 0.05) is 0 Å². The van der Waals surface area contributed by atoms with E-state index in [1.54, 1.807) is 13.8 Å². The van der Waals surface area contributed by atoms with Crippen molar-refractivity contribution < 1.29 is 52.7 Å². The second kappa shape index (κ2) is 7.74. The Morgan fingerprint density at radius 2 is 1.55 bits per heavy atom. The van der Waals surface area contributed by atoms with Crippen molar-refractivity contribution in [1.29, 1.82) is 0 Å². The molecule has 2 rings (SSSR count). The van der Waals surface area contributed by atoms with Crippen LogP contribution in [0.3, 0.4) is 0 Å². The summed E-state index contributed by atoms with van der Waals surface area (Å²) in [5.41, 5.74) is -1.15. The van der Waals surface area contributed by atoms with E-state index in [0.29, 0.717) is 0 Å². The minimum atomic E-state index is -7.35. The summed E-state index contributed by atoms with van der Waals surface area (Å²) in [6.45, 7) is 3.55. The zero-order valence-corrected chi connectivity index (χ0v) is 16.5. The van der Waals surface area contributed by atoms with Crippen molar-refractivity contribution >= 4 is 21.6 Å². The molecular weight excluding hydrogens is 471 g/mol. The van der Waals surface area contributed by atoms with E-state index in [2.05, 4.69) is 4.99 Å². The van der Waals surface area contributed by atoms with Gasteiger partial charge in [-0.25, -0.2) is 4.99 Å². The average molecular weight is 486 g/mol. The summed E-state index contributed by atoms with van der Waals surface area (Å²) in [7, 11) is -6.82. The predicted octanol–water partition coefficient (Wildman–Crippen LogP) is 4.66. The number of anilines is 1. The molecule has 1 heterocycles. The molecule has 0 unspecified atom stereocenters. The van der Waals surface area contributed by atoms with Gasteiger partial charge in [0.05, 0.1) is 17.3 Å². The number of nitrogens with one attached hydrogen (secondary N) is 1. The van der Waals surface area contributed by atoms with Gasteiger partial charge in [0.2, 0.25) is 5.90 Å². The van der Waals surface area contributed by atoms with Crippen molar-refractivity contribution in [3.63, 3.8) is 0 Å². The largest absolute Gasteiger partial charge is 0.475 e. The maximum Gasteiger partial charge on any atom is 0.460 e. The number of hydrogen-bond acceptors (Lipinski definition) is 4. The van der Waals surface area contributed by atoms with Crippen LogP contribution in [0.25, 0.3) is 0 Å². The molecule has 0 saturated carbocycles. The number of rotatable bonds is 7. The first-order valence-corrected chi connectivity index (χ1v) is 9.87. The second-order valence-electron chi connectivity index (χ2n) is 6.87. The Balaban J connectivity index is 2.47. The molecule has 1 N–H and O–H groups in total. The zero-order chi connectivity index (χ0) is 24.0. The van der Waals surface area contributed by atoms with Gasteiger partial charge >= 0.3 is 33.3 Å². The molecule has 1 aliphatic rings. The standard InChI is InChI=1S/C16H15F9N2O3S/c1-8(2)11-7-30-12(26-11)9-5-3-4-6-10(9)27-31(28,29)16(24,25)14(19,20)13(17,18)15(21,22)23/h3-6,8,11,27H,7H2,1-2H3/t11-/m1/s1. The van der Waals surface area contributed by atoms with E-state index >= 15 is 0 Å². The molecule has 0 spiro atoms. The lowest BCUT2D eigenvalue weighted by molar-refractivity contribution is -0.382. The van der Waals surface area contributed by atoms with Crippen molar-refractivity contribution in [3.8, 4) is 0 Å². The highest BCUT2D eigenvalue weighted by atomic mass is 32.2. The Kier molecular flexibility index (Phi) is 6.26. The molecule has 1 atom stereocenters. The molecule has 0 amide bonds. The fourth-order valence-corrected chi connectivity index (χ4v) is 3.44. The summed E-state index contributed by atoms with van der Waals surface area (Å²) in [5, 5.41) is -6.86. The number of hydrogen-bond donors (Lipinski definition) is 1. The third kappa shape index (κ3) is 4.15. The van der Waals surface area contributed by atoms with Crippen molar-refractivity contribution in [2.24, 2.45) is 10.9 Å². The van der Waals surface area contributed by atoms with Gasteiger partial charge in [0.1, 0.15) is 6.61 Å². The van der Waals surface area contributed by atoms with E-state index in [4.69, 9.17) is 4.74 Å². The Labute approximate surface area is 170 Å². The van der Waals surface area contributed by atoms with Crippen LogP contribution in [-0.4, -0.2) is 50.2 Å². The average Bonchev–Trinajstić information content (AvgIpc) is 3.10. The molecule has 0 aromatic heterocycles. The number of nitrogens with zero attached hydrogens (tertiary/aromatic N) is 1. The molecule has 5 nitrogen and oxygen atoms in total. The summed E-state index contributed by atoms with van der Waals surface area (Å²) in [6.07, 6.45) is -7.15. The molecule has 176 valence electrons. The van der Waals surface area contributed by atoms with E-state index in [-0.39, 0.29) is 24.0 Å². The van der Waals surface area contributed by atoms with Crippen molar-refractivity contribution in [2.45, 2.75) is 43.2 Å². The fourth-order valence-electron chi connectivity index (χ4n) is 2.38. The maximum absolute atomic E-state index is 13.9. The summed E-state index contributed by atoms with van der Waals surface area (Å²) < 4.78 is 148. The minimum Gasteiger partial charge on any atom is -0.475 e. The molecule has 0 saturated heterocycles. The summed E-state index contributed by atoms with van der Waals surface area (Å²) in [5.74, 6) is -15.0. The number of benzene rings is 1. The van der Waals surface area contributed by atoms with Crippen LogP contribution >= 0.6 is 0 Å². The Morgan fingerprint density at radius 1 is 1.00 bits per heavy atom. The van der Waals surface area contributed by atoms with Gasteiger partial charge in [-0.15, -0.1) is 0 Å². The highest BCUT2D eigenvalue weighted by Crippen LogP contribution is 2.54. The van der Waals surface area contributed by atoms with Crippen LogP contribution in [0.2, 0.25) is 0 Å². The summed E-state index contributed by atoms with van der Waals surface area (Å²) >= 11 is 0. The van der Waals surface area contributed by atoms with E-state index < -0.39 is 45.0 Å². The van der Waals surface area contributed by atoms with Gasteiger partial charge in [-0.05, 0) is 18.1 Å². The number of para-hydroxylation sites is 1. The van der Waals surface area contributed by atoms with E-state index in [0.717, 1.165) is 22.9 Å². The van der Waals surface area contributed by atoms with Crippen LogP contribution in [0.5, 0.6) is 0 Å². The first-order valence-electron chi connectivity index (χ1n) is 8.39. The number of ether oxygens (including phenoxy) is 1. The molecule has 0 aliphatic carbocycles. The monoisotopic (exact) mass is 486 g/mol. The number of halogens is 9. The fraction of sp³-hybridized carbons (Fsp3) is 0.562. The molecule has 31 heavy (non-hydrogen) atoms. The lowest BCUT2D eigenvalue weighted by Gasteiger charge is -2.33. The molecule has 1 aromatic carbocycles. The van der Waals surface area contributed by atoms with Gasteiger partial charge < -0.3 is 4.74 Å². The molecule has 0 bridgehead atoms. The molecule has 0 radical (unpaired) electrons. The topological polar surface area (TPSA) is 67.8 Å². The van der Waals surface area contributed by atoms with Gasteiger partial charge in [-0.2, -0.15) is 47.9 Å². The van der Waals surface area contributed by atoms with Gasteiger partial charge in [-0.1, -0.05) is 26.0 Å². The SMILES string of the molecule is CC(C)[C@H]1COC(c2ccccc2NS(=O)(=O)C(F)(F)C(F)(F)C(F)(F)C(F)(F)F)=N1. The molecule has 15 heteroatoms. The predicted molar refractivity (Wildman–Crippen MR) is 91.0 cm³/mol. The van der Waals surface area contributed by atoms with Crippen LogP contribution in [0.1, 0.15) is 19.4 Å². The zero-order valence-electron chi connectivity index (χ0n) is 15.7. The van der Waals surface area contributed by atoms with Crippen LogP contribution in [0.4, 0.5) is 45.2 Å². The first-order chi connectivity index (χ1) is 13.9. The summed E-state index contributed by atoms with van der Waals surface area (Å²) in [6, 6.07) is 3.82. The lowest BCUT2D eigenvalue weighted by atomic mass is 10.1. The van der Waals surface area contributed by atoms with Gasteiger partial charge in [0.15, 0.2) is 0 Å². The second-order valence-corrected chi connectivity index (χ2v) is 8.59. The van der Waals surface area contributed by atoms with Crippen molar-refractivity contribution in [2.75, 3.05) is 11.3 Å². The van der Waals surface area contributed by atoms with Crippen molar-refractivity contribution in [1.82, 2.24) is 0 Å². The van der Waals surface area contributed by atoms with Crippen molar-refractivity contribution in [3.05, 3.63) is 29.8 Å². The van der Waals surface area contributed by atoms with Crippen LogP contribution in [-0.2, 0) is 14.8 Å². The van der Waals surface area contributed by atoms with E-state index in [1.807, 2.05) is 0 Å². The highest BCUT2D eigenvalue weighted by Gasteiger charge is 2.85. The normalized spacial score (nSPS) is 18.7. The quantitative estimate of drug-likeness (QED) is 0.571. The van der Waals surface area contributed by atoms with Gasteiger partial charge in [-0.3, -0.25) is 4.72 Å². The molecular formula is C16H15F9N2O3S. The third-order valence-corrected chi connectivity index (χ3v) is 5.72. The molecule has 1 aromatic rings. The number of sulfonamides is 1. The lowest BCUT2D eigenvalue weighted by Crippen LogP contribution is -2.64. The van der Waals surface area contributed by atoms with E-state index in [9.17, 15) is 47.9 Å². The Morgan fingerprint density at radius 3 is 2.03 bits per heavy atom. The number of alkyl halides is 9. The summed E-state index contributed by atoms with van der Waals surface area (Å²) in [4.78, 5) is 4.09. The smallest absolute Gasteiger partial charge is 0.460 e. The Hall–Kier alpha value is -2.19.